The van der Waals surface area contributed by atoms with Crippen LogP contribution in [0.1, 0.15) is 5.56 Å². The minimum atomic E-state index is -0.995. The van der Waals surface area contributed by atoms with E-state index in [1.807, 2.05) is 0 Å². The molecule has 96 valence electrons. The van der Waals surface area contributed by atoms with E-state index in [1.165, 1.54) is 7.11 Å². The van der Waals surface area contributed by atoms with Gasteiger partial charge in [-0.3, -0.25) is 0 Å². The Morgan fingerprint density at radius 3 is 2.67 bits per heavy atom. The summed E-state index contributed by atoms with van der Waals surface area (Å²) in [5.74, 6) is 0.448. The lowest BCUT2D eigenvalue weighted by Gasteiger charge is -2.09. The Kier molecular flexibility index (Phi) is 3.36. The van der Waals surface area contributed by atoms with Crippen LogP contribution in [0.2, 0.25) is 0 Å². The zero-order valence-electron chi connectivity index (χ0n) is 10.0. The zero-order chi connectivity index (χ0) is 13.1. The van der Waals surface area contributed by atoms with Gasteiger partial charge >= 0.3 is 5.97 Å². The molecule has 0 saturated heterocycles. The summed E-state index contributed by atoms with van der Waals surface area (Å²) in [5, 5.41) is 8.83. The number of hydrogen-bond acceptors (Lipinski definition) is 5. The van der Waals surface area contributed by atoms with Gasteiger partial charge < -0.3 is 19.3 Å². The third-order valence-corrected chi connectivity index (χ3v) is 2.57. The quantitative estimate of drug-likeness (QED) is 0.861. The number of carboxylic acids is 1. The van der Waals surface area contributed by atoms with Crippen molar-refractivity contribution in [2.75, 3.05) is 20.8 Å². The van der Waals surface area contributed by atoms with Gasteiger partial charge in [0.1, 0.15) is 6.61 Å². The molecule has 1 unspecified atom stereocenters. The molecule has 6 nitrogen and oxygen atoms in total. The number of aliphatic imine (C=N–C) groups is 1. The number of benzene rings is 1. The van der Waals surface area contributed by atoms with Crippen LogP contribution in [0.25, 0.3) is 0 Å². The summed E-state index contributed by atoms with van der Waals surface area (Å²) < 4.78 is 15.5. The molecule has 2 rings (SSSR count). The molecule has 1 heterocycles. The van der Waals surface area contributed by atoms with Gasteiger partial charge in [-0.05, 0) is 18.2 Å². The first-order chi connectivity index (χ1) is 8.65. The van der Waals surface area contributed by atoms with Crippen LogP contribution >= 0.6 is 0 Å². The van der Waals surface area contributed by atoms with Crippen molar-refractivity contribution >= 4 is 11.9 Å². The molecule has 0 amide bonds. The Morgan fingerprint density at radius 2 is 2.11 bits per heavy atom. The van der Waals surface area contributed by atoms with Crippen LogP contribution in [-0.2, 0) is 9.53 Å². The Balaban J connectivity index is 2.30. The van der Waals surface area contributed by atoms with E-state index in [1.54, 1.807) is 25.3 Å². The van der Waals surface area contributed by atoms with E-state index in [4.69, 9.17) is 19.3 Å². The Bertz CT molecular complexity index is 497. The molecule has 18 heavy (non-hydrogen) atoms. The Morgan fingerprint density at radius 1 is 1.39 bits per heavy atom. The third-order valence-electron chi connectivity index (χ3n) is 2.57. The van der Waals surface area contributed by atoms with Crippen molar-refractivity contribution in [3.8, 4) is 11.5 Å². The molecular formula is C12H13NO5. The van der Waals surface area contributed by atoms with Crippen LogP contribution < -0.4 is 9.47 Å². The van der Waals surface area contributed by atoms with Crippen LogP contribution in [-0.4, -0.2) is 43.8 Å². The predicted molar refractivity (Wildman–Crippen MR) is 63.5 cm³/mol. The normalized spacial score (nSPS) is 17.9. The van der Waals surface area contributed by atoms with Gasteiger partial charge in [0.25, 0.3) is 0 Å². The van der Waals surface area contributed by atoms with Gasteiger partial charge in [-0.2, -0.15) is 0 Å². The van der Waals surface area contributed by atoms with Gasteiger partial charge in [-0.25, -0.2) is 9.79 Å². The van der Waals surface area contributed by atoms with E-state index in [9.17, 15) is 4.79 Å². The van der Waals surface area contributed by atoms with Crippen LogP contribution in [0.15, 0.2) is 23.2 Å². The van der Waals surface area contributed by atoms with Crippen LogP contribution in [0.3, 0.4) is 0 Å². The summed E-state index contributed by atoms with van der Waals surface area (Å²) in [7, 11) is 3.07. The molecule has 1 aliphatic heterocycles. The maximum absolute atomic E-state index is 10.8. The second-order valence-corrected chi connectivity index (χ2v) is 3.67. The summed E-state index contributed by atoms with van der Waals surface area (Å²) in [4.78, 5) is 14.8. The molecule has 0 aromatic heterocycles. The molecular weight excluding hydrogens is 238 g/mol. The minimum Gasteiger partial charge on any atom is -0.493 e. The fraction of sp³-hybridized carbons (Fsp3) is 0.333. The average Bonchev–Trinajstić information content (AvgIpc) is 2.87. The van der Waals surface area contributed by atoms with Gasteiger partial charge in [0.15, 0.2) is 17.5 Å². The highest BCUT2D eigenvalue weighted by molar-refractivity contribution is 5.97. The Labute approximate surface area is 104 Å². The Hall–Kier alpha value is -2.24. The predicted octanol–water partition coefficient (Wildman–Crippen LogP) is 0.934. The van der Waals surface area contributed by atoms with Crippen LogP contribution in [0.5, 0.6) is 11.5 Å². The summed E-state index contributed by atoms with van der Waals surface area (Å²) in [5.41, 5.74) is 0.663. The summed E-state index contributed by atoms with van der Waals surface area (Å²) in [6.07, 6.45) is 0. The molecule has 1 N–H and O–H groups in total. The fourth-order valence-electron chi connectivity index (χ4n) is 1.63. The first kappa shape index (κ1) is 12.2. The number of rotatable bonds is 4. The van der Waals surface area contributed by atoms with Crippen molar-refractivity contribution in [3.05, 3.63) is 23.8 Å². The van der Waals surface area contributed by atoms with Gasteiger partial charge in [0, 0.05) is 5.56 Å². The topological polar surface area (TPSA) is 77.4 Å². The van der Waals surface area contributed by atoms with Crippen molar-refractivity contribution in [3.63, 3.8) is 0 Å². The largest absolute Gasteiger partial charge is 0.493 e. The second kappa shape index (κ2) is 4.95. The fourth-order valence-corrected chi connectivity index (χ4v) is 1.63. The smallest absolute Gasteiger partial charge is 0.332 e. The van der Waals surface area contributed by atoms with Gasteiger partial charge in [0.2, 0.25) is 5.90 Å². The number of hydrogen-bond donors (Lipinski definition) is 1. The van der Waals surface area contributed by atoms with Crippen molar-refractivity contribution in [1.82, 2.24) is 0 Å². The molecule has 0 fully saturated rings. The molecule has 1 aromatic rings. The minimum absolute atomic E-state index is 0.0546. The molecule has 6 heteroatoms. The highest BCUT2D eigenvalue weighted by atomic mass is 16.5. The maximum Gasteiger partial charge on any atom is 0.332 e. The molecule has 0 saturated carbocycles. The van der Waals surface area contributed by atoms with Crippen LogP contribution in [0, 0.1) is 0 Å². The summed E-state index contributed by atoms with van der Waals surface area (Å²) in [6, 6.07) is 4.31. The van der Waals surface area contributed by atoms with E-state index in [0.717, 1.165) is 0 Å². The molecule has 1 atom stereocenters. The number of carbonyl (C=O) groups is 1. The van der Waals surface area contributed by atoms with E-state index in [0.29, 0.717) is 23.0 Å². The monoisotopic (exact) mass is 251 g/mol. The van der Waals surface area contributed by atoms with E-state index in [-0.39, 0.29) is 6.61 Å². The molecule has 0 aliphatic carbocycles. The second-order valence-electron chi connectivity index (χ2n) is 3.67. The standard InChI is InChI=1S/C12H13NO5/c1-16-9-4-3-7(5-10(9)17-2)11-13-8(6-18-11)12(14)15/h3-5,8H,6H2,1-2H3,(H,14,15). The number of carboxylic acid groups (broad SMARTS) is 1. The number of ether oxygens (including phenoxy) is 3. The molecule has 1 aromatic carbocycles. The van der Waals surface area contributed by atoms with E-state index >= 15 is 0 Å². The number of nitrogens with zero attached hydrogens (tertiary/aromatic N) is 1. The summed E-state index contributed by atoms with van der Waals surface area (Å²) in [6.45, 7) is 0.0546. The molecule has 0 spiro atoms. The zero-order valence-corrected chi connectivity index (χ0v) is 10.0. The SMILES string of the molecule is COc1ccc(C2=NC(C(=O)O)CO2)cc1OC. The lowest BCUT2D eigenvalue weighted by molar-refractivity contribution is -0.138. The van der Waals surface area contributed by atoms with Crippen LogP contribution in [0.4, 0.5) is 0 Å². The average molecular weight is 251 g/mol. The van der Waals surface area contributed by atoms with Crippen molar-refractivity contribution in [1.29, 1.82) is 0 Å². The maximum atomic E-state index is 10.8. The summed E-state index contributed by atoms with van der Waals surface area (Å²) >= 11 is 0. The number of aliphatic carboxylic acids is 1. The molecule has 0 bridgehead atoms. The van der Waals surface area contributed by atoms with E-state index < -0.39 is 12.0 Å². The number of methoxy groups -OCH3 is 2. The highest BCUT2D eigenvalue weighted by Gasteiger charge is 2.26. The molecule has 1 aliphatic rings. The van der Waals surface area contributed by atoms with Gasteiger partial charge in [-0.1, -0.05) is 0 Å². The van der Waals surface area contributed by atoms with Crippen molar-refractivity contribution in [2.45, 2.75) is 6.04 Å². The lowest BCUT2D eigenvalue weighted by atomic mass is 10.2. The first-order valence-corrected chi connectivity index (χ1v) is 5.31. The van der Waals surface area contributed by atoms with E-state index in [2.05, 4.69) is 4.99 Å². The van der Waals surface area contributed by atoms with Gasteiger partial charge in [0.05, 0.1) is 14.2 Å². The van der Waals surface area contributed by atoms with Gasteiger partial charge in [-0.15, -0.1) is 0 Å². The van der Waals surface area contributed by atoms with Crippen molar-refractivity contribution in [2.24, 2.45) is 4.99 Å². The molecule has 0 radical (unpaired) electrons. The first-order valence-electron chi connectivity index (χ1n) is 5.31. The third kappa shape index (κ3) is 2.22. The highest BCUT2D eigenvalue weighted by Crippen LogP contribution is 2.28. The van der Waals surface area contributed by atoms with Crippen molar-refractivity contribution < 1.29 is 24.1 Å². The lowest BCUT2D eigenvalue weighted by Crippen LogP contribution is -2.18.